The topological polar surface area (TPSA) is 59.2 Å². The van der Waals surface area contributed by atoms with Crippen molar-refractivity contribution in [2.45, 2.75) is 19.5 Å². The molecule has 1 unspecified atom stereocenters. The second kappa shape index (κ2) is 6.47. The normalized spacial score (nSPS) is 12.2. The van der Waals surface area contributed by atoms with E-state index in [1.54, 1.807) is 17.3 Å². The zero-order valence-corrected chi connectivity index (χ0v) is 13.7. The molecule has 0 radical (unpaired) electrons. The summed E-state index contributed by atoms with van der Waals surface area (Å²) in [5, 5.41) is 2.54. The zero-order valence-electron chi connectivity index (χ0n) is 11.3. The third-order valence-corrected chi connectivity index (χ3v) is 4.66. The molecule has 0 saturated carbocycles. The summed E-state index contributed by atoms with van der Waals surface area (Å²) >= 11 is 4.91. The van der Waals surface area contributed by atoms with Crippen LogP contribution >= 0.6 is 27.3 Å². The van der Waals surface area contributed by atoms with Gasteiger partial charge in [0.05, 0.1) is 6.04 Å². The van der Waals surface area contributed by atoms with Gasteiger partial charge in [-0.25, -0.2) is 4.98 Å². The summed E-state index contributed by atoms with van der Waals surface area (Å²) in [6.07, 6.45) is 0. The Morgan fingerprint density at radius 1 is 1.50 bits per heavy atom. The molecule has 0 aliphatic carbocycles. The Morgan fingerprint density at radius 3 is 2.80 bits per heavy atom. The molecule has 1 atom stereocenters. The number of nitrogens with two attached hydrogens (primary N) is 1. The fourth-order valence-electron chi connectivity index (χ4n) is 1.74. The van der Waals surface area contributed by atoms with Crippen molar-refractivity contribution in [3.05, 3.63) is 50.4 Å². The van der Waals surface area contributed by atoms with Gasteiger partial charge in [-0.3, -0.25) is 4.79 Å². The largest absolute Gasteiger partial charge is 0.336 e. The third kappa shape index (κ3) is 3.45. The highest BCUT2D eigenvalue weighted by molar-refractivity contribution is 9.10. The third-order valence-electron chi connectivity index (χ3n) is 2.84. The van der Waals surface area contributed by atoms with Crippen LogP contribution in [0.4, 0.5) is 0 Å². The van der Waals surface area contributed by atoms with Crippen LogP contribution in [0.1, 0.15) is 34.0 Å². The summed E-state index contributed by atoms with van der Waals surface area (Å²) in [4.78, 5) is 18.2. The van der Waals surface area contributed by atoms with Gasteiger partial charge in [-0.05, 0) is 18.6 Å². The summed E-state index contributed by atoms with van der Waals surface area (Å²) in [5.74, 6) is -0.0936. The maximum Gasteiger partial charge on any atom is 0.273 e. The smallest absolute Gasteiger partial charge is 0.273 e. The minimum atomic E-state index is -0.143. The highest BCUT2D eigenvalue weighted by atomic mass is 79.9. The van der Waals surface area contributed by atoms with E-state index >= 15 is 0 Å². The van der Waals surface area contributed by atoms with E-state index in [2.05, 4.69) is 20.9 Å². The number of amides is 1. The lowest BCUT2D eigenvalue weighted by atomic mass is 10.2. The molecule has 6 heteroatoms. The molecule has 0 aliphatic rings. The number of halogens is 1. The fraction of sp³-hybridized carbons (Fsp3) is 0.286. The number of hydrogen-bond donors (Lipinski definition) is 1. The summed E-state index contributed by atoms with van der Waals surface area (Å²) in [6, 6.07) is 7.71. The van der Waals surface area contributed by atoms with Crippen LogP contribution in [0.15, 0.2) is 34.1 Å². The number of thiazole rings is 1. The van der Waals surface area contributed by atoms with Crippen LogP contribution in [0.2, 0.25) is 0 Å². The maximum absolute atomic E-state index is 12.3. The molecule has 2 aromatic rings. The fourth-order valence-corrected chi connectivity index (χ4v) is 2.91. The quantitative estimate of drug-likeness (QED) is 0.917. The van der Waals surface area contributed by atoms with E-state index in [0.717, 1.165) is 15.0 Å². The number of benzene rings is 1. The molecule has 2 rings (SSSR count). The van der Waals surface area contributed by atoms with E-state index in [9.17, 15) is 4.79 Å². The number of carbonyl (C=O) groups is 1. The molecular weight excluding hydrogens is 338 g/mol. The predicted octanol–water partition coefficient (Wildman–Crippen LogP) is 3.20. The van der Waals surface area contributed by atoms with Gasteiger partial charge in [-0.15, -0.1) is 11.3 Å². The average molecular weight is 354 g/mol. The van der Waals surface area contributed by atoms with Gasteiger partial charge in [0.1, 0.15) is 10.7 Å². The highest BCUT2D eigenvalue weighted by Gasteiger charge is 2.17. The molecule has 0 aliphatic heterocycles. The molecule has 1 aromatic carbocycles. The number of hydrogen-bond acceptors (Lipinski definition) is 4. The van der Waals surface area contributed by atoms with Gasteiger partial charge in [0.15, 0.2) is 0 Å². The van der Waals surface area contributed by atoms with E-state index in [1.165, 1.54) is 11.3 Å². The molecule has 1 aromatic heterocycles. The van der Waals surface area contributed by atoms with Gasteiger partial charge in [0.25, 0.3) is 5.91 Å². The summed E-state index contributed by atoms with van der Waals surface area (Å²) in [6.45, 7) is 2.39. The molecule has 2 N–H and O–H groups in total. The first kappa shape index (κ1) is 15.2. The maximum atomic E-state index is 12.3. The Bertz CT molecular complexity index is 612. The standard InChI is InChI=1S/C14H16BrN3OS/c1-9(16)13-17-12(8-20-13)14(19)18(2)7-10-5-3-4-6-11(10)15/h3-6,8-9H,7,16H2,1-2H3. The van der Waals surface area contributed by atoms with Crippen molar-refractivity contribution in [3.63, 3.8) is 0 Å². The summed E-state index contributed by atoms with van der Waals surface area (Å²) < 4.78 is 0.995. The van der Waals surface area contributed by atoms with Gasteiger partial charge in [-0.1, -0.05) is 34.1 Å². The van der Waals surface area contributed by atoms with Gasteiger partial charge in [0, 0.05) is 23.4 Å². The van der Waals surface area contributed by atoms with E-state index < -0.39 is 0 Å². The molecular formula is C14H16BrN3OS. The highest BCUT2D eigenvalue weighted by Crippen LogP contribution is 2.20. The summed E-state index contributed by atoms with van der Waals surface area (Å²) in [7, 11) is 1.77. The van der Waals surface area contributed by atoms with E-state index in [4.69, 9.17) is 5.73 Å². The van der Waals surface area contributed by atoms with Crippen LogP contribution in [-0.2, 0) is 6.54 Å². The van der Waals surface area contributed by atoms with Gasteiger partial charge in [-0.2, -0.15) is 0 Å². The number of rotatable bonds is 4. The van der Waals surface area contributed by atoms with Crippen LogP contribution in [0.3, 0.4) is 0 Å². The Balaban J connectivity index is 2.10. The van der Waals surface area contributed by atoms with Gasteiger partial charge >= 0.3 is 0 Å². The van der Waals surface area contributed by atoms with E-state index in [-0.39, 0.29) is 11.9 Å². The molecule has 4 nitrogen and oxygen atoms in total. The minimum absolute atomic E-state index is 0.0936. The van der Waals surface area contributed by atoms with E-state index in [1.807, 2.05) is 31.2 Å². The van der Waals surface area contributed by atoms with Gasteiger partial charge in [0.2, 0.25) is 0 Å². The molecule has 0 spiro atoms. The lowest BCUT2D eigenvalue weighted by Crippen LogP contribution is -2.26. The van der Waals surface area contributed by atoms with Crippen LogP contribution in [-0.4, -0.2) is 22.8 Å². The van der Waals surface area contributed by atoms with E-state index in [0.29, 0.717) is 12.2 Å². The van der Waals surface area contributed by atoms with Crippen LogP contribution in [0.5, 0.6) is 0 Å². The molecule has 1 amide bonds. The van der Waals surface area contributed by atoms with Crippen molar-refractivity contribution in [3.8, 4) is 0 Å². The molecule has 106 valence electrons. The second-order valence-electron chi connectivity index (χ2n) is 4.61. The predicted molar refractivity (Wildman–Crippen MR) is 84.7 cm³/mol. The Labute approximate surface area is 130 Å². The SMILES string of the molecule is CC(N)c1nc(C(=O)N(C)Cc2ccccc2Br)cs1. The zero-order chi connectivity index (χ0) is 14.7. The van der Waals surface area contributed by atoms with Crippen molar-refractivity contribution < 1.29 is 4.79 Å². The van der Waals surface area contributed by atoms with Crippen LogP contribution in [0.25, 0.3) is 0 Å². The molecule has 20 heavy (non-hydrogen) atoms. The molecule has 1 heterocycles. The number of nitrogens with zero attached hydrogens (tertiary/aromatic N) is 2. The first-order valence-electron chi connectivity index (χ1n) is 6.19. The van der Waals surface area contributed by atoms with Crippen LogP contribution < -0.4 is 5.73 Å². The Morgan fingerprint density at radius 2 is 2.20 bits per heavy atom. The minimum Gasteiger partial charge on any atom is -0.336 e. The van der Waals surface area contributed by atoms with Crippen LogP contribution in [0, 0.1) is 0 Å². The molecule has 0 saturated heterocycles. The van der Waals surface area contributed by atoms with Crippen molar-refractivity contribution in [2.75, 3.05) is 7.05 Å². The molecule has 0 fully saturated rings. The lowest BCUT2D eigenvalue weighted by Gasteiger charge is -2.16. The summed E-state index contributed by atoms with van der Waals surface area (Å²) in [5.41, 5.74) is 7.28. The number of aromatic nitrogens is 1. The van der Waals surface area contributed by atoms with Crippen molar-refractivity contribution in [1.82, 2.24) is 9.88 Å². The number of carbonyl (C=O) groups excluding carboxylic acids is 1. The second-order valence-corrected chi connectivity index (χ2v) is 6.36. The monoisotopic (exact) mass is 353 g/mol. The Kier molecular flexibility index (Phi) is 4.91. The van der Waals surface area contributed by atoms with Crippen molar-refractivity contribution in [2.24, 2.45) is 5.73 Å². The first-order valence-corrected chi connectivity index (χ1v) is 7.86. The first-order chi connectivity index (χ1) is 9.49. The lowest BCUT2D eigenvalue weighted by molar-refractivity contribution is 0.0779. The Hall–Kier alpha value is -1.24. The van der Waals surface area contributed by atoms with Gasteiger partial charge < -0.3 is 10.6 Å². The molecule has 0 bridgehead atoms. The van der Waals surface area contributed by atoms with Crippen molar-refractivity contribution in [1.29, 1.82) is 0 Å². The van der Waals surface area contributed by atoms with Crippen molar-refractivity contribution >= 4 is 33.2 Å². The average Bonchev–Trinajstić information content (AvgIpc) is 2.90.